The fourth-order valence-corrected chi connectivity index (χ4v) is 5.44. The molecular weight excluding hydrogens is 420 g/mol. The van der Waals surface area contributed by atoms with Crippen LogP contribution in [0, 0.1) is 34.0 Å². The number of benzene rings is 1. The van der Waals surface area contributed by atoms with E-state index in [4.69, 9.17) is 10.2 Å². The van der Waals surface area contributed by atoms with E-state index in [1.165, 1.54) is 11.8 Å². The van der Waals surface area contributed by atoms with Gasteiger partial charge in [-0.05, 0) is 66.5 Å². The molecule has 32 heavy (non-hydrogen) atoms. The van der Waals surface area contributed by atoms with Crippen LogP contribution in [-0.2, 0) is 22.4 Å². The van der Waals surface area contributed by atoms with E-state index in [-0.39, 0.29) is 23.7 Å². The monoisotopic (exact) mass is 444 g/mol. The van der Waals surface area contributed by atoms with Crippen LogP contribution in [0.15, 0.2) is 35.4 Å². The van der Waals surface area contributed by atoms with Crippen molar-refractivity contribution in [3.63, 3.8) is 0 Å². The zero-order valence-corrected chi connectivity index (χ0v) is 19.2. The number of hydrogen-bond acceptors (Lipinski definition) is 6. The van der Waals surface area contributed by atoms with Crippen molar-refractivity contribution in [1.82, 2.24) is 4.98 Å². The van der Waals surface area contributed by atoms with Gasteiger partial charge in [-0.15, -0.1) is 0 Å². The van der Waals surface area contributed by atoms with Crippen LogP contribution in [0.3, 0.4) is 0 Å². The Hall–Kier alpha value is -3.16. The maximum absolute atomic E-state index is 13.0. The quantitative estimate of drug-likeness (QED) is 0.651. The molecule has 1 fully saturated rings. The van der Waals surface area contributed by atoms with Gasteiger partial charge < -0.3 is 0 Å². The summed E-state index contributed by atoms with van der Waals surface area (Å²) in [7, 11) is 0. The molecule has 1 aromatic carbocycles. The average molecular weight is 445 g/mol. The van der Waals surface area contributed by atoms with Gasteiger partial charge in [0.05, 0.1) is 28.1 Å². The first-order valence-electron chi connectivity index (χ1n) is 10.7. The van der Waals surface area contributed by atoms with Crippen molar-refractivity contribution >= 4 is 29.3 Å². The molecule has 1 saturated heterocycles. The zero-order chi connectivity index (χ0) is 23.0. The summed E-state index contributed by atoms with van der Waals surface area (Å²) in [6.45, 7) is 6.73. The van der Waals surface area contributed by atoms with Crippen LogP contribution in [0.5, 0.6) is 0 Å². The predicted octanol–water partition coefficient (Wildman–Crippen LogP) is 4.40. The maximum Gasteiger partial charge on any atom is 0.247 e. The van der Waals surface area contributed by atoms with Crippen LogP contribution >= 0.6 is 11.8 Å². The van der Waals surface area contributed by atoms with Crippen LogP contribution in [0.2, 0.25) is 0 Å². The first-order valence-corrected chi connectivity index (χ1v) is 11.6. The molecule has 2 amide bonds. The van der Waals surface area contributed by atoms with E-state index in [2.05, 4.69) is 26.8 Å². The fourth-order valence-electron chi connectivity index (χ4n) is 4.34. The van der Waals surface area contributed by atoms with Gasteiger partial charge in [-0.2, -0.15) is 10.5 Å². The number of nitriles is 2. The molecule has 1 aromatic heterocycles. The van der Waals surface area contributed by atoms with Gasteiger partial charge in [0.1, 0.15) is 11.1 Å². The smallest absolute Gasteiger partial charge is 0.247 e. The second kappa shape index (κ2) is 8.41. The van der Waals surface area contributed by atoms with Gasteiger partial charge in [-0.25, -0.2) is 9.88 Å². The molecule has 0 bridgehead atoms. The van der Waals surface area contributed by atoms with Crippen molar-refractivity contribution < 1.29 is 9.59 Å². The molecule has 4 rings (SSSR count). The summed E-state index contributed by atoms with van der Waals surface area (Å²) in [5.74, 6) is -0.0699. The van der Waals surface area contributed by atoms with Gasteiger partial charge in [-0.3, -0.25) is 9.59 Å². The predicted molar refractivity (Wildman–Crippen MR) is 122 cm³/mol. The summed E-state index contributed by atoms with van der Waals surface area (Å²) in [4.78, 5) is 31.6. The second-order valence-corrected chi connectivity index (χ2v) is 10.6. The third-order valence-corrected chi connectivity index (χ3v) is 7.50. The normalized spacial score (nSPS) is 20.6. The van der Waals surface area contributed by atoms with Crippen LogP contribution < -0.4 is 4.90 Å². The number of pyridine rings is 1. The molecule has 2 heterocycles. The topological polar surface area (TPSA) is 97.8 Å². The highest BCUT2D eigenvalue weighted by molar-refractivity contribution is 8.00. The largest absolute Gasteiger partial charge is 0.274 e. The van der Waals surface area contributed by atoms with Gasteiger partial charge in [0.25, 0.3) is 0 Å². The summed E-state index contributed by atoms with van der Waals surface area (Å²) in [5, 5.41) is 18.6. The Kier molecular flexibility index (Phi) is 5.79. The first kappa shape index (κ1) is 22.0. The molecule has 0 N–H and O–H groups in total. The molecule has 2 unspecified atom stereocenters. The number of nitrogens with zero attached hydrogens (tertiary/aromatic N) is 4. The average Bonchev–Trinajstić information content (AvgIpc) is 3.05. The summed E-state index contributed by atoms with van der Waals surface area (Å²) in [6, 6.07) is 12.5. The Morgan fingerprint density at radius 2 is 1.81 bits per heavy atom. The minimum atomic E-state index is -0.623. The Labute approximate surface area is 192 Å². The van der Waals surface area contributed by atoms with Gasteiger partial charge in [0.15, 0.2) is 0 Å². The molecule has 162 valence electrons. The zero-order valence-electron chi connectivity index (χ0n) is 18.4. The van der Waals surface area contributed by atoms with Crippen molar-refractivity contribution in [2.24, 2.45) is 11.3 Å². The van der Waals surface area contributed by atoms with E-state index in [1.807, 2.05) is 12.1 Å². The minimum absolute atomic E-state index is 0.0548. The molecule has 1 aliphatic carbocycles. The first-order chi connectivity index (χ1) is 15.2. The van der Waals surface area contributed by atoms with Gasteiger partial charge in [0.2, 0.25) is 11.8 Å². The van der Waals surface area contributed by atoms with Crippen LogP contribution in [0.4, 0.5) is 5.69 Å². The highest BCUT2D eigenvalue weighted by Crippen LogP contribution is 2.40. The number of amides is 2. The summed E-state index contributed by atoms with van der Waals surface area (Å²) < 4.78 is 0. The second-order valence-electron chi connectivity index (χ2n) is 9.40. The van der Waals surface area contributed by atoms with E-state index in [0.29, 0.717) is 27.8 Å². The molecular formula is C25H24N4O2S. The van der Waals surface area contributed by atoms with E-state index in [1.54, 1.807) is 24.3 Å². The van der Waals surface area contributed by atoms with E-state index >= 15 is 0 Å². The summed E-state index contributed by atoms with van der Waals surface area (Å²) in [6.07, 6.45) is 2.86. The van der Waals surface area contributed by atoms with Crippen molar-refractivity contribution in [1.29, 1.82) is 10.5 Å². The Morgan fingerprint density at radius 3 is 2.44 bits per heavy atom. The van der Waals surface area contributed by atoms with Crippen molar-refractivity contribution in [2.45, 2.75) is 56.7 Å². The number of imide groups is 1. The fraction of sp³-hybridized carbons (Fsp3) is 0.400. The molecule has 0 saturated carbocycles. The summed E-state index contributed by atoms with van der Waals surface area (Å²) in [5.41, 5.74) is 3.68. The number of rotatable bonds is 3. The molecule has 2 aromatic rings. The van der Waals surface area contributed by atoms with Crippen LogP contribution in [0.1, 0.15) is 56.0 Å². The maximum atomic E-state index is 13.0. The Balaban J connectivity index is 1.57. The highest BCUT2D eigenvalue weighted by atomic mass is 32.2. The lowest BCUT2D eigenvalue weighted by Crippen LogP contribution is -2.31. The number of carbonyl (C=O) groups excluding carboxylic acids is 2. The molecule has 1 aliphatic heterocycles. The molecule has 7 heteroatoms. The van der Waals surface area contributed by atoms with Crippen molar-refractivity contribution in [3.8, 4) is 12.1 Å². The molecule has 2 atom stereocenters. The molecule has 2 aliphatic rings. The van der Waals surface area contributed by atoms with Gasteiger partial charge in [-0.1, -0.05) is 32.5 Å². The standard InChI is InChI=1S/C25H24N4O2S/c1-25(2,3)18-6-9-20-16(11-18)10-17(14-27)23(28-20)32-21-12-22(30)29(24(21)31)19-7-4-15(13-26)5-8-19/h4-5,7-8,10,18,21H,6,9,11-12H2,1-3H3. The molecule has 0 radical (unpaired) electrons. The van der Waals surface area contributed by atoms with Crippen molar-refractivity contribution in [3.05, 3.63) is 52.7 Å². The van der Waals surface area contributed by atoms with E-state index in [9.17, 15) is 14.9 Å². The lowest BCUT2D eigenvalue weighted by Gasteiger charge is -2.34. The number of hydrogen-bond donors (Lipinski definition) is 0. The van der Waals surface area contributed by atoms with Gasteiger partial charge >= 0.3 is 0 Å². The van der Waals surface area contributed by atoms with Crippen LogP contribution in [-0.4, -0.2) is 22.0 Å². The van der Waals surface area contributed by atoms with Gasteiger partial charge in [0, 0.05) is 12.1 Å². The summed E-state index contributed by atoms with van der Waals surface area (Å²) >= 11 is 1.20. The number of aryl methyl sites for hydroxylation is 1. The number of thioether (sulfide) groups is 1. The molecule has 6 nitrogen and oxygen atoms in total. The minimum Gasteiger partial charge on any atom is -0.274 e. The number of carbonyl (C=O) groups is 2. The third-order valence-electron chi connectivity index (χ3n) is 6.31. The highest BCUT2D eigenvalue weighted by Gasteiger charge is 2.41. The van der Waals surface area contributed by atoms with Crippen LogP contribution in [0.25, 0.3) is 0 Å². The Morgan fingerprint density at radius 1 is 1.09 bits per heavy atom. The van der Waals surface area contributed by atoms with E-state index in [0.717, 1.165) is 35.4 Å². The number of anilines is 1. The molecule has 0 spiro atoms. The van der Waals surface area contributed by atoms with Crippen molar-refractivity contribution in [2.75, 3.05) is 4.90 Å². The number of fused-ring (bicyclic) bond motifs is 1. The number of aromatic nitrogens is 1. The lowest BCUT2D eigenvalue weighted by molar-refractivity contribution is -0.121. The SMILES string of the molecule is CC(C)(C)C1CCc2nc(SC3CC(=O)N(c4ccc(C#N)cc4)C3=O)c(C#N)cc2C1. The third kappa shape index (κ3) is 4.13. The lowest BCUT2D eigenvalue weighted by atomic mass is 9.71. The Bertz CT molecular complexity index is 1170. The van der Waals surface area contributed by atoms with E-state index < -0.39 is 5.25 Å².